The molecule has 2 aromatic rings. The SMILES string of the molecule is COc1cc(/C=C/C(=O)O)cc(Br)c1OCCc1ccccc1. The summed E-state index contributed by atoms with van der Waals surface area (Å²) in [7, 11) is 1.55. The number of halogens is 1. The lowest BCUT2D eigenvalue weighted by Crippen LogP contribution is -2.03. The molecular weight excluding hydrogens is 360 g/mol. The average molecular weight is 377 g/mol. The molecule has 0 unspecified atom stereocenters. The molecule has 0 bridgehead atoms. The highest BCUT2D eigenvalue weighted by Crippen LogP contribution is 2.37. The van der Waals surface area contributed by atoms with Gasteiger partial charge in [-0.05, 0) is 45.3 Å². The molecule has 120 valence electrons. The number of benzene rings is 2. The number of aliphatic carboxylic acids is 1. The summed E-state index contributed by atoms with van der Waals surface area (Å²) in [6.07, 6.45) is 3.37. The van der Waals surface area contributed by atoms with Gasteiger partial charge in [-0.3, -0.25) is 0 Å². The summed E-state index contributed by atoms with van der Waals surface area (Å²) in [5.74, 6) is 0.164. The Morgan fingerprint density at radius 3 is 2.65 bits per heavy atom. The first-order valence-electron chi connectivity index (χ1n) is 7.05. The van der Waals surface area contributed by atoms with Crippen LogP contribution in [0.5, 0.6) is 11.5 Å². The van der Waals surface area contributed by atoms with Crippen LogP contribution in [-0.4, -0.2) is 24.8 Å². The van der Waals surface area contributed by atoms with Crippen molar-refractivity contribution in [2.75, 3.05) is 13.7 Å². The topological polar surface area (TPSA) is 55.8 Å². The number of hydrogen-bond donors (Lipinski definition) is 1. The zero-order valence-electron chi connectivity index (χ0n) is 12.7. The minimum atomic E-state index is -0.997. The maximum Gasteiger partial charge on any atom is 0.328 e. The third-order valence-corrected chi connectivity index (χ3v) is 3.74. The Bertz CT molecular complexity index is 696. The summed E-state index contributed by atoms with van der Waals surface area (Å²) in [6.45, 7) is 0.517. The second kappa shape index (κ2) is 8.39. The van der Waals surface area contributed by atoms with Gasteiger partial charge in [0.25, 0.3) is 0 Å². The number of carboxylic acid groups (broad SMARTS) is 1. The molecule has 0 aromatic heterocycles. The summed E-state index contributed by atoms with van der Waals surface area (Å²) in [5, 5.41) is 8.70. The van der Waals surface area contributed by atoms with Gasteiger partial charge in [-0.25, -0.2) is 4.79 Å². The second-order valence-electron chi connectivity index (χ2n) is 4.79. The van der Waals surface area contributed by atoms with Crippen LogP contribution in [0, 0.1) is 0 Å². The normalized spacial score (nSPS) is 10.7. The lowest BCUT2D eigenvalue weighted by atomic mass is 10.1. The summed E-state index contributed by atoms with van der Waals surface area (Å²) >= 11 is 3.45. The fraction of sp³-hybridized carbons (Fsp3) is 0.167. The molecule has 0 aliphatic rings. The predicted molar refractivity (Wildman–Crippen MR) is 93.0 cm³/mol. The largest absolute Gasteiger partial charge is 0.493 e. The van der Waals surface area contributed by atoms with Gasteiger partial charge in [0.2, 0.25) is 0 Å². The fourth-order valence-electron chi connectivity index (χ4n) is 2.06. The van der Waals surface area contributed by atoms with E-state index < -0.39 is 5.97 Å². The van der Waals surface area contributed by atoms with E-state index in [0.717, 1.165) is 17.0 Å². The zero-order chi connectivity index (χ0) is 16.7. The van der Waals surface area contributed by atoms with Crippen molar-refractivity contribution in [3.8, 4) is 11.5 Å². The number of rotatable bonds is 7. The second-order valence-corrected chi connectivity index (χ2v) is 5.64. The van der Waals surface area contributed by atoms with Gasteiger partial charge < -0.3 is 14.6 Å². The van der Waals surface area contributed by atoms with Crippen molar-refractivity contribution >= 4 is 28.0 Å². The zero-order valence-corrected chi connectivity index (χ0v) is 14.2. The Balaban J connectivity index is 2.10. The Kier molecular flexibility index (Phi) is 6.23. The highest BCUT2D eigenvalue weighted by atomic mass is 79.9. The number of hydrogen-bond acceptors (Lipinski definition) is 3. The Morgan fingerprint density at radius 1 is 1.26 bits per heavy atom. The van der Waals surface area contributed by atoms with E-state index >= 15 is 0 Å². The van der Waals surface area contributed by atoms with E-state index in [1.165, 1.54) is 11.6 Å². The van der Waals surface area contributed by atoms with E-state index in [2.05, 4.69) is 28.1 Å². The van der Waals surface area contributed by atoms with Crippen LogP contribution in [0.25, 0.3) is 6.08 Å². The molecule has 0 aliphatic carbocycles. The van der Waals surface area contributed by atoms with Crippen LogP contribution in [-0.2, 0) is 11.2 Å². The molecule has 2 rings (SSSR count). The quantitative estimate of drug-likeness (QED) is 0.736. The van der Waals surface area contributed by atoms with Crippen molar-refractivity contribution in [3.63, 3.8) is 0 Å². The lowest BCUT2D eigenvalue weighted by Gasteiger charge is -2.13. The van der Waals surface area contributed by atoms with Gasteiger partial charge in [0.1, 0.15) is 0 Å². The average Bonchev–Trinajstić information content (AvgIpc) is 2.55. The van der Waals surface area contributed by atoms with Gasteiger partial charge in [-0.2, -0.15) is 0 Å². The number of carboxylic acids is 1. The van der Waals surface area contributed by atoms with Crippen LogP contribution in [0.4, 0.5) is 0 Å². The van der Waals surface area contributed by atoms with Crippen molar-refractivity contribution in [1.82, 2.24) is 0 Å². The van der Waals surface area contributed by atoms with Gasteiger partial charge in [0.05, 0.1) is 18.2 Å². The van der Waals surface area contributed by atoms with Crippen LogP contribution >= 0.6 is 15.9 Å². The summed E-state index contributed by atoms with van der Waals surface area (Å²) in [6, 6.07) is 13.6. The highest BCUT2D eigenvalue weighted by Gasteiger charge is 2.11. The molecule has 0 aliphatic heterocycles. The van der Waals surface area contributed by atoms with Crippen molar-refractivity contribution < 1.29 is 19.4 Å². The smallest absolute Gasteiger partial charge is 0.328 e. The van der Waals surface area contributed by atoms with Crippen LogP contribution in [0.2, 0.25) is 0 Å². The molecule has 0 saturated carbocycles. The summed E-state index contributed by atoms with van der Waals surface area (Å²) in [4.78, 5) is 10.6. The van der Waals surface area contributed by atoms with E-state index in [4.69, 9.17) is 14.6 Å². The van der Waals surface area contributed by atoms with E-state index in [0.29, 0.717) is 23.7 Å². The molecule has 0 atom stereocenters. The molecule has 0 fully saturated rings. The van der Waals surface area contributed by atoms with Crippen LogP contribution in [0.1, 0.15) is 11.1 Å². The first kappa shape index (κ1) is 17.1. The summed E-state index contributed by atoms with van der Waals surface area (Å²) < 4.78 is 11.9. The number of carbonyl (C=O) groups is 1. The van der Waals surface area contributed by atoms with Gasteiger partial charge >= 0.3 is 5.97 Å². The molecule has 2 aromatic carbocycles. The lowest BCUT2D eigenvalue weighted by molar-refractivity contribution is -0.131. The molecule has 0 saturated heterocycles. The molecule has 0 amide bonds. The van der Waals surface area contributed by atoms with Crippen molar-refractivity contribution in [1.29, 1.82) is 0 Å². The first-order valence-corrected chi connectivity index (χ1v) is 7.84. The fourth-order valence-corrected chi connectivity index (χ4v) is 2.63. The van der Waals surface area contributed by atoms with Gasteiger partial charge in [-0.1, -0.05) is 30.3 Å². The van der Waals surface area contributed by atoms with Gasteiger partial charge in [0.15, 0.2) is 11.5 Å². The van der Waals surface area contributed by atoms with Gasteiger partial charge in [-0.15, -0.1) is 0 Å². The minimum Gasteiger partial charge on any atom is -0.493 e. The third kappa shape index (κ3) is 5.14. The summed E-state index contributed by atoms with van der Waals surface area (Å²) in [5.41, 5.74) is 1.91. The molecule has 1 N–H and O–H groups in total. The minimum absolute atomic E-state index is 0.517. The number of ether oxygens (including phenoxy) is 2. The van der Waals surface area contributed by atoms with Crippen molar-refractivity contribution in [3.05, 3.63) is 64.1 Å². The molecule has 5 heteroatoms. The maximum atomic E-state index is 10.6. The van der Waals surface area contributed by atoms with E-state index in [-0.39, 0.29) is 0 Å². The molecule has 0 spiro atoms. The molecular formula is C18H17BrO4. The van der Waals surface area contributed by atoms with Crippen LogP contribution < -0.4 is 9.47 Å². The third-order valence-electron chi connectivity index (χ3n) is 3.15. The van der Waals surface area contributed by atoms with Crippen LogP contribution in [0.15, 0.2) is 53.0 Å². The highest BCUT2D eigenvalue weighted by molar-refractivity contribution is 9.10. The molecule has 4 nitrogen and oxygen atoms in total. The van der Waals surface area contributed by atoms with E-state index in [1.807, 2.05) is 18.2 Å². The maximum absolute atomic E-state index is 10.6. The Hall–Kier alpha value is -2.27. The van der Waals surface area contributed by atoms with Crippen molar-refractivity contribution in [2.45, 2.75) is 6.42 Å². The molecule has 0 heterocycles. The Morgan fingerprint density at radius 2 is 2.00 bits per heavy atom. The number of methoxy groups -OCH3 is 1. The van der Waals surface area contributed by atoms with Crippen molar-refractivity contribution in [2.24, 2.45) is 0 Å². The van der Waals surface area contributed by atoms with Crippen LogP contribution in [0.3, 0.4) is 0 Å². The monoisotopic (exact) mass is 376 g/mol. The molecule has 0 radical (unpaired) electrons. The van der Waals surface area contributed by atoms with E-state index in [1.54, 1.807) is 19.2 Å². The van der Waals surface area contributed by atoms with Gasteiger partial charge in [0, 0.05) is 12.5 Å². The standard InChI is InChI=1S/C18H17BrO4/c1-22-16-12-14(7-8-17(20)21)11-15(19)18(16)23-10-9-13-5-3-2-4-6-13/h2-8,11-12H,9-10H2,1H3,(H,20,21)/b8-7+. The van der Waals surface area contributed by atoms with E-state index in [9.17, 15) is 4.79 Å². The predicted octanol–water partition coefficient (Wildman–Crippen LogP) is 4.18. The Labute approximate surface area is 143 Å². The first-order chi connectivity index (χ1) is 11.1. The molecule has 23 heavy (non-hydrogen) atoms.